The minimum atomic E-state index is -0.146. The van der Waals surface area contributed by atoms with E-state index < -0.39 is 0 Å². The van der Waals surface area contributed by atoms with Gasteiger partial charge in [0.05, 0.1) is 19.1 Å². The summed E-state index contributed by atoms with van der Waals surface area (Å²) in [5.74, 6) is 1.36. The van der Waals surface area contributed by atoms with E-state index in [0.29, 0.717) is 15.9 Å². The molecule has 0 aliphatic carbocycles. The molecule has 6 heteroatoms. The lowest BCUT2D eigenvalue weighted by Gasteiger charge is -2.03. The van der Waals surface area contributed by atoms with E-state index in [4.69, 9.17) is 4.42 Å². The number of aromatic nitrogens is 2. The maximum Gasteiger partial charge on any atom is 0.266 e. The molecule has 78 valence electrons. The zero-order chi connectivity index (χ0) is 10.7. The number of H-pyrrole nitrogens is 1. The molecule has 0 radical (unpaired) electrons. The maximum absolute atomic E-state index is 11.2. The first kappa shape index (κ1) is 10.2. The van der Waals surface area contributed by atoms with Crippen LogP contribution in [0.1, 0.15) is 5.76 Å². The Labute approximate surface area is 99.1 Å². The normalized spacial score (nSPS) is 10.2. The Morgan fingerprint density at radius 2 is 2.47 bits per heavy atom. The molecule has 0 aliphatic heterocycles. The Balaban J connectivity index is 2.12. The highest BCUT2D eigenvalue weighted by Crippen LogP contribution is 2.10. The Morgan fingerprint density at radius 1 is 1.60 bits per heavy atom. The first-order valence-electron chi connectivity index (χ1n) is 4.27. The average molecular weight is 317 g/mol. The van der Waals surface area contributed by atoms with Crippen molar-refractivity contribution in [3.8, 4) is 0 Å². The number of furan rings is 1. The smallest absolute Gasteiger partial charge is 0.266 e. The lowest BCUT2D eigenvalue weighted by molar-refractivity contribution is 0.517. The maximum atomic E-state index is 11.2. The number of aromatic amines is 1. The van der Waals surface area contributed by atoms with Crippen LogP contribution < -0.4 is 10.9 Å². The Morgan fingerprint density at radius 3 is 3.20 bits per heavy atom. The summed E-state index contributed by atoms with van der Waals surface area (Å²) in [6.07, 6.45) is 2.97. The summed E-state index contributed by atoms with van der Waals surface area (Å²) < 4.78 is 5.69. The van der Waals surface area contributed by atoms with Crippen molar-refractivity contribution >= 4 is 28.4 Å². The van der Waals surface area contributed by atoms with Crippen molar-refractivity contribution in [2.45, 2.75) is 6.54 Å². The molecule has 0 saturated heterocycles. The molecule has 2 rings (SSSR count). The largest absolute Gasteiger partial charge is 0.467 e. The van der Waals surface area contributed by atoms with Crippen molar-refractivity contribution in [3.63, 3.8) is 0 Å². The molecular formula is C9H8IN3O2. The van der Waals surface area contributed by atoms with Crippen LogP contribution in [0.15, 0.2) is 33.9 Å². The fourth-order valence-corrected chi connectivity index (χ4v) is 1.58. The lowest BCUT2D eigenvalue weighted by Crippen LogP contribution is -2.14. The SMILES string of the molecule is O=c1[nH]cnc(NCc2ccco2)c1I. The first-order valence-corrected chi connectivity index (χ1v) is 5.34. The van der Waals surface area contributed by atoms with Crippen LogP contribution in [-0.4, -0.2) is 9.97 Å². The van der Waals surface area contributed by atoms with Crippen LogP contribution in [0, 0.1) is 3.57 Å². The summed E-state index contributed by atoms with van der Waals surface area (Å²) in [6.45, 7) is 0.513. The minimum absolute atomic E-state index is 0.146. The molecule has 0 aromatic carbocycles. The Bertz CT molecular complexity index is 492. The number of nitrogens with zero attached hydrogens (tertiary/aromatic N) is 1. The topological polar surface area (TPSA) is 70.9 Å². The third-order valence-corrected chi connectivity index (χ3v) is 2.81. The van der Waals surface area contributed by atoms with Gasteiger partial charge in [0.1, 0.15) is 15.1 Å². The van der Waals surface area contributed by atoms with Gasteiger partial charge in [-0.15, -0.1) is 0 Å². The van der Waals surface area contributed by atoms with Gasteiger partial charge in [0.25, 0.3) is 5.56 Å². The van der Waals surface area contributed by atoms with E-state index in [2.05, 4.69) is 15.3 Å². The number of hydrogen-bond donors (Lipinski definition) is 2. The van der Waals surface area contributed by atoms with Gasteiger partial charge in [-0.25, -0.2) is 4.98 Å². The summed E-state index contributed by atoms with van der Waals surface area (Å²) in [5.41, 5.74) is -0.146. The third kappa shape index (κ3) is 2.38. The molecule has 0 fully saturated rings. The molecule has 2 aromatic rings. The fourth-order valence-electron chi connectivity index (χ4n) is 1.09. The van der Waals surface area contributed by atoms with Gasteiger partial charge in [0, 0.05) is 0 Å². The molecule has 0 aliphatic rings. The van der Waals surface area contributed by atoms with Crippen molar-refractivity contribution < 1.29 is 4.42 Å². The quantitative estimate of drug-likeness (QED) is 0.843. The van der Waals surface area contributed by atoms with Gasteiger partial charge in [-0.1, -0.05) is 0 Å². The molecule has 0 bridgehead atoms. The van der Waals surface area contributed by atoms with Gasteiger partial charge in [0.2, 0.25) is 0 Å². The van der Waals surface area contributed by atoms with Crippen molar-refractivity contribution in [1.29, 1.82) is 0 Å². The number of rotatable bonds is 3. The molecule has 0 atom stereocenters. The molecule has 0 unspecified atom stereocenters. The fraction of sp³-hybridized carbons (Fsp3) is 0.111. The van der Waals surface area contributed by atoms with Gasteiger partial charge in [-0.05, 0) is 34.7 Å². The highest BCUT2D eigenvalue weighted by atomic mass is 127. The summed E-state index contributed by atoms with van der Waals surface area (Å²) >= 11 is 1.95. The standard InChI is InChI=1S/C9H8IN3O2/c10-7-8(12-5-13-9(7)14)11-4-6-2-1-3-15-6/h1-3,5H,4H2,(H2,11,12,13,14). The van der Waals surface area contributed by atoms with Crippen molar-refractivity contribution in [1.82, 2.24) is 9.97 Å². The van der Waals surface area contributed by atoms with Gasteiger partial charge in [-0.2, -0.15) is 0 Å². The van der Waals surface area contributed by atoms with Crippen LogP contribution in [0.2, 0.25) is 0 Å². The van der Waals surface area contributed by atoms with E-state index in [1.807, 2.05) is 34.7 Å². The molecule has 2 heterocycles. The van der Waals surface area contributed by atoms with E-state index >= 15 is 0 Å². The second kappa shape index (κ2) is 4.47. The van der Waals surface area contributed by atoms with E-state index in [1.165, 1.54) is 6.33 Å². The summed E-state index contributed by atoms with van der Waals surface area (Å²) in [4.78, 5) is 17.8. The van der Waals surface area contributed by atoms with Crippen LogP contribution in [0.25, 0.3) is 0 Å². The summed E-state index contributed by atoms with van der Waals surface area (Å²) in [5, 5.41) is 3.02. The van der Waals surface area contributed by atoms with Crippen LogP contribution in [0.4, 0.5) is 5.82 Å². The van der Waals surface area contributed by atoms with E-state index in [0.717, 1.165) is 5.76 Å². The number of anilines is 1. The first-order chi connectivity index (χ1) is 7.27. The van der Waals surface area contributed by atoms with Gasteiger partial charge in [0.15, 0.2) is 0 Å². The van der Waals surface area contributed by atoms with Crippen LogP contribution in [-0.2, 0) is 6.54 Å². The number of hydrogen-bond acceptors (Lipinski definition) is 4. The van der Waals surface area contributed by atoms with E-state index in [-0.39, 0.29) is 5.56 Å². The van der Waals surface area contributed by atoms with Crippen LogP contribution in [0.5, 0.6) is 0 Å². The van der Waals surface area contributed by atoms with Gasteiger partial charge < -0.3 is 14.7 Å². The minimum Gasteiger partial charge on any atom is -0.467 e. The number of halogens is 1. The van der Waals surface area contributed by atoms with Crippen LogP contribution >= 0.6 is 22.6 Å². The summed E-state index contributed by atoms with van der Waals surface area (Å²) in [7, 11) is 0. The Hall–Kier alpha value is -1.31. The summed E-state index contributed by atoms with van der Waals surface area (Å²) in [6, 6.07) is 3.67. The molecule has 0 spiro atoms. The van der Waals surface area contributed by atoms with E-state index in [9.17, 15) is 4.79 Å². The third-order valence-electron chi connectivity index (χ3n) is 1.81. The average Bonchev–Trinajstić information content (AvgIpc) is 2.73. The molecule has 5 nitrogen and oxygen atoms in total. The predicted molar refractivity (Wildman–Crippen MR) is 63.6 cm³/mol. The molecule has 0 amide bonds. The Kier molecular flexibility index (Phi) is 3.05. The predicted octanol–water partition coefficient (Wildman–Crippen LogP) is 1.58. The van der Waals surface area contributed by atoms with Gasteiger partial charge in [-0.3, -0.25) is 4.79 Å². The van der Waals surface area contributed by atoms with Crippen molar-refractivity contribution in [2.24, 2.45) is 0 Å². The molecule has 2 N–H and O–H groups in total. The van der Waals surface area contributed by atoms with Crippen molar-refractivity contribution in [3.05, 3.63) is 44.4 Å². The number of nitrogens with one attached hydrogen (secondary N) is 2. The molecular weight excluding hydrogens is 309 g/mol. The second-order valence-corrected chi connectivity index (χ2v) is 3.91. The van der Waals surface area contributed by atoms with Crippen LogP contribution in [0.3, 0.4) is 0 Å². The highest BCUT2D eigenvalue weighted by Gasteiger charge is 2.04. The van der Waals surface area contributed by atoms with Crippen molar-refractivity contribution in [2.75, 3.05) is 5.32 Å². The lowest BCUT2D eigenvalue weighted by atomic mass is 10.4. The zero-order valence-corrected chi connectivity index (χ0v) is 9.82. The highest BCUT2D eigenvalue weighted by molar-refractivity contribution is 14.1. The monoisotopic (exact) mass is 317 g/mol. The van der Waals surface area contributed by atoms with E-state index in [1.54, 1.807) is 6.26 Å². The second-order valence-electron chi connectivity index (χ2n) is 2.83. The molecule has 0 saturated carbocycles. The molecule has 15 heavy (non-hydrogen) atoms. The molecule has 2 aromatic heterocycles. The van der Waals surface area contributed by atoms with Gasteiger partial charge >= 0.3 is 0 Å². The zero-order valence-electron chi connectivity index (χ0n) is 7.66.